The van der Waals surface area contributed by atoms with Gasteiger partial charge in [-0.05, 0) is 31.2 Å². The van der Waals surface area contributed by atoms with Crippen molar-refractivity contribution in [3.63, 3.8) is 0 Å². The molecule has 0 aliphatic heterocycles. The molecule has 1 aromatic rings. The van der Waals surface area contributed by atoms with Crippen LogP contribution in [0.15, 0.2) is 29.2 Å². The number of amides is 2. The predicted octanol–water partition coefficient (Wildman–Crippen LogP) is 2.69. The van der Waals surface area contributed by atoms with Gasteiger partial charge in [0.2, 0.25) is 0 Å². The lowest BCUT2D eigenvalue weighted by atomic mass is 10.2. The first-order chi connectivity index (χ1) is 8.67. The maximum atomic E-state index is 11.6. The zero-order chi connectivity index (χ0) is 13.4. The fraction of sp³-hybridized carbons (Fsp3) is 0.462. The van der Waals surface area contributed by atoms with Crippen molar-refractivity contribution in [3.8, 4) is 0 Å². The van der Waals surface area contributed by atoms with Crippen molar-refractivity contribution in [3.05, 3.63) is 24.3 Å². The van der Waals surface area contributed by atoms with Crippen molar-refractivity contribution >= 4 is 23.5 Å². The van der Waals surface area contributed by atoms with E-state index in [1.54, 1.807) is 11.8 Å². The molecule has 1 aromatic carbocycles. The van der Waals surface area contributed by atoms with Crippen LogP contribution in [0.5, 0.6) is 0 Å². The van der Waals surface area contributed by atoms with Crippen molar-refractivity contribution in [1.29, 1.82) is 0 Å². The lowest BCUT2D eigenvalue weighted by Gasteiger charge is -2.11. The normalized spacial score (nSPS) is 11.9. The van der Waals surface area contributed by atoms with Gasteiger partial charge in [-0.2, -0.15) is 0 Å². The summed E-state index contributed by atoms with van der Waals surface area (Å²) in [6.45, 7) is 2.39. The zero-order valence-corrected chi connectivity index (χ0v) is 11.6. The summed E-state index contributed by atoms with van der Waals surface area (Å²) in [7, 11) is 0. The van der Waals surface area contributed by atoms with Crippen LogP contribution < -0.4 is 10.6 Å². The number of rotatable bonds is 6. The van der Waals surface area contributed by atoms with E-state index in [0.717, 1.165) is 10.6 Å². The molecule has 0 radical (unpaired) electrons. The summed E-state index contributed by atoms with van der Waals surface area (Å²) in [6, 6.07) is 7.41. The highest BCUT2D eigenvalue weighted by Gasteiger charge is 2.06. The van der Waals surface area contributed by atoms with E-state index < -0.39 is 0 Å². The van der Waals surface area contributed by atoms with Crippen LogP contribution in [0.1, 0.15) is 19.8 Å². The molecule has 0 aliphatic rings. The average Bonchev–Trinajstić information content (AvgIpc) is 2.39. The first-order valence-corrected chi connectivity index (χ1v) is 7.25. The molecule has 0 aliphatic carbocycles. The molecular formula is C13H20N2O2S. The molecule has 4 nitrogen and oxygen atoms in total. The van der Waals surface area contributed by atoms with Gasteiger partial charge in [-0.25, -0.2) is 4.79 Å². The number of nitrogens with one attached hydrogen (secondary N) is 2. The van der Waals surface area contributed by atoms with Crippen LogP contribution in [0.25, 0.3) is 0 Å². The number of aliphatic hydroxyl groups excluding tert-OH is 1. The molecule has 2 amide bonds. The number of anilines is 1. The fourth-order valence-corrected chi connectivity index (χ4v) is 2.02. The second-order valence-corrected chi connectivity index (χ2v) is 4.78. The largest absolute Gasteiger partial charge is 0.393 e. The molecule has 1 atom stereocenters. The minimum atomic E-state index is -0.344. The maximum Gasteiger partial charge on any atom is 0.319 e. The Hall–Kier alpha value is -1.20. The van der Waals surface area contributed by atoms with Crippen LogP contribution in [0.4, 0.5) is 10.5 Å². The number of aliphatic hydroxyl groups is 1. The van der Waals surface area contributed by atoms with Crippen LogP contribution in [-0.2, 0) is 0 Å². The van der Waals surface area contributed by atoms with Gasteiger partial charge in [-0.3, -0.25) is 0 Å². The summed E-state index contributed by atoms with van der Waals surface area (Å²) in [4.78, 5) is 12.7. The number of carbonyl (C=O) groups excluding carboxylic acids is 1. The van der Waals surface area contributed by atoms with Gasteiger partial charge in [0.05, 0.1) is 11.8 Å². The summed E-state index contributed by atoms with van der Waals surface area (Å²) < 4.78 is 0. The van der Waals surface area contributed by atoms with Gasteiger partial charge < -0.3 is 15.7 Å². The first kappa shape index (κ1) is 14.9. The van der Waals surface area contributed by atoms with Crippen LogP contribution in [-0.4, -0.2) is 30.0 Å². The Kier molecular flexibility index (Phi) is 6.60. The van der Waals surface area contributed by atoms with Gasteiger partial charge in [-0.15, -0.1) is 11.8 Å². The summed E-state index contributed by atoms with van der Waals surface area (Å²) in [5.41, 5.74) is 0.804. The van der Waals surface area contributed by atoms with Crippen LogP contribution in [0.2, 0.25) is 0 Å². The Balaban J connectivity index is 2.40. The molecule has 0 aromatic heterocycles. The van der Waals surface area contributed by atoms with E-state index in [0.29, 0.717) is 19.4 Å². The molecule has 3 N–H and O–H groups in total. The van der Waals surface area contributed by atoms with Gasteiger partial charge in [0, 0.05) is 11.4 Å². The maximum absolute atomic E-state index is 11.6. The highest BCUT2D eigenvalue weighted by Crippen LogP contribution is 2.24. The number of thioether (sulfide) groups is 1. The molecule has 0 saturated heterocycles. The molecule has 18 heavy (non-hydrogen) atoms. The van der Waals surface area contributed by atoms with Crippen molar-refractivity contribution in [1.82, 2.24) is 5.32 Å². The van der Waals surface area contributed by atoms with E-state index in [2.05, 4.69) is 10.6 Å². The van der Waals surface area contributed by atoms with E-state index in [4.69, 9.17) is 0 Å². The number of hydrogen-bond donors (Lipinski definition) is 3. The molecule has 1 unspecified atom stereocenters. The highest BCUT2D eigenvalue weighted by atomic mass is 32.2. The van der Waals surface area contributed by atoms with Crippen molar-refractivity contribution < 1.29 is 9.90 Å². The summed E-state index contributed by atoms with van der Waals surface area (Å²) in [5.74, 6) is 0. The van der Waals surface area contributed by atoms with E-state index in [-0.39, 0.29) is 12.1 Å². The Morgan fingerprint density at radius 3 is 2.83 bits per heavy atom. The van der Waals surface area contributed by atoms with Gasteiger partial charge in [0.15, 0.2) is 0 Å². The lowest BCUT2D eigenvalue weighted by Crippen LogP contribution is -2.31. The molecule has 0 spiro atoms. The second-order valence-electron chi connectivity index (χ2n) is 3.93. The number of benzene rings is 1. The van der Waals surface area contributed by atoms with Gasteiger partial charge in [-0.1, -0.05) is 19.1 Å². The summed E-state index contributed by atoms with van der Waals surface area (Å²) in [6.07, 6.45) is 2.91. The quantitative estimate of drug-likeness (QED) is 0.695. The van der Waals surface area contributed by atoms with Crippen LogP contribution >= 0.6 is 11.8 Å². The van der Waals surface area contributed by atoms with Crippen molar-refractivity contribution in [2.75, 3.05) is 18.1 Å². The zero-order valence-electron chi connectivity index (χ0n) is 10.8. The molecule has 5 heteroatoms. The average molecular weight is 268 g/mol. The van der Waals surface area contributed by atoms with E-state index >= 15 is 0 Å². The number of carbonyl (C=O) groups is 1. The third-order valence-electron chi connectivity index (χ3n) is 2.59. The molecule has 100 valence electrons. The Morgan fingerprint density at radius 1 is 1.44 bits per heavy atom. The topological polar surface area (TPSA) is 61.4 Å². The van der Waals surface area contributed by atoms with Gasteiger partial charge >= 0.3 is 6.03 Å². The SMILES string of the molecule is CCC(O)CCNC(=O)Nc1ccccc1SC. The number of hydrogen-bond acceptors (Lipinski definition) is 3. The summed E-state index contributed by atoms with van der Waals surface area (Å²) >= 11 is 1.59. The standard InChI is InChI=1S/C13H20N2O2S/c1-3-10(16)8-9-14-13(17)15-11-6-4-5-7-12(11)18-2/h4-7,10,16H,3,8-9H2,1-2H3,(H2,14,15,17). The van der Waals surface area contributed by atoms with E-state index in [1.807, 2.05) is 37.4 Å². The first-order valence-electron chi connectivity index (χ1n) is 6.03. The van der Waals surface area contributed by atoms with Gasteiger partial charge in [0.25, 0.3) is 0 Å². The Morgan fingerprint density at radius 2 is 2.17 bits per heavy atom. The molecule has 0 fully saturated rings. The van der Waals surface area contributed by atoms with Crippen LogP contribution in [0, 0.1) is 0 Å². The van der Waals surface area contributed by atoms with E-state index in [1.165, 1.54) is 0 Å². The fourth-order valence-electron chi connectivity index (χ4n) is 1.47. The second kappa shape index (κ2) is 8.00. The third kappa shape index (κ3) is 4.98. The number of para-hydroxylation sites is 1. The van der Waals surface area contributed by atoms with Crippen molar-refractivity contribution in [2.24, 2.45) is 0 Å². The summed E-state index contributed by atoms with van der Waals surface area (Å²) in [5, 5.41) is 14.9. The van der Waals surface area contributed by atoms with E-state index in [9.17, 15) is 9.90 Å². The minimum Gasteiger partial charge on any atom is -0.393 e. The minimum absolute atomic E-state index is 0.236. The van der Waals surface area contributed by atoms with Crippen LogP contribution in [0.3, 0.4) is 0 Å². The third-order valence-corrected chi connectivity index (χ3v) is 3.39. The molecular weight excluding hydrogens is 248 g/mol. The lowest BCUT2D eigenvalue weighted by molar-refractivity contribution is 0.160. The predicted molar refractivity (Wildman–Crippen MR) is 76.2 cm³/mol. The Labute approximate surface area is 112 Å². The smallest absolute Gasteiger partial charge is 0.319 e. The van der Waals surface area contributed by atoms with Gasteiger partial charge in [0.1, 0.15) is 0 Å². The molecule has 0 heterocycles. The monoisotopic (exact) mass is 268 g/mol. The molecule has 0 saturated carbocycles. The molecule has 0 bridgehead atoms. The Bertz CT molecular complexity index is 385. The highest BCUT2D eigenvalue weighted by molar-refractivity contribution is 7.98. The van der Waals surface area contributed by atoms with Crippen molar-refractivity contribution in [2.45, 2.75) is 30.8 Å². The molecule has 1 rings (SSSR count). The number of urea groups is 1.